The maximum Gasteiger partial charge on any atom is 0.272 e. The Balaban J connectivity index is 1.33. The number of nitrogens with one attached hydrogen (secondary N) is 3. The second kappa shape index (κ2) is 7.63. The molecule has 0 aliphatic rings. The summed E-state index contributed by atoms with van der Waals surface area (Å²) in [5.41, 5.74) is 6.63. The number of aromatic nitrogens is 5. The molecule has 0 aliphatic carbocycles. The van der Waals surface area contributed by atoms with E-state index in [2.05, 4.69) is 67.1 Å². The van der Waals surface area contributed by atoms with E-state index in [-0.39, 0.29) is 5.91 Å². The second-order valence-corrected chi connectivity index (χ2v) is 7.05. The quantitative estimate of drug-likeness (QED) is 0.416. The van der Waals surface area contributed by atoms with Crippen LogP contribution in [0.2, 0.25) is 0 Å². The number of hydrogen-bond donors (Lipinski definition) is 3. The van der Waals surface area contributed by atoms with Crippen molar-refractivity contribution in [3.63, 3.8) is 0 Å². The van der Waals surface area contributed by atoms with Gasteiger partial charge in [-0.05, 0) is 41.3 Å². The molecule has 0 atom stereocenters. The van der Waals surface area contributed by atoms with Gasteiger partial charge in [-0.15, -0.1) is 0 Å². The maximum atomic E-state index is 12.5. The molecule has 2 aromatic carbocycles. The van der Waals surface area contributed by atoms with E-state index in [0.717, 1.165) is 28.5 Å². The van der Waals surface area contributed by atoms with Crippen molar-refractivity contribution in [2.24, 2.45) is 0 Å². The van der Waals surface area contributed by atoms with Gasteiger partial charge in [-0.1, -0.05) is 36.4 Å². The molecule has 0 radical (unpaired) electrons. The van der Waals surface area contributed by atoms with Crippen LogP contribution in [0.25, 0.3) is 22.0 Å². The molecule has 1 amide bonds. The van der Waals surface area contributed by atoms with Gasteiger partial charge in [0.2, 0.25) is 0 Å². The van der Waals surface area contributed by atoms with Gasteiger partial charge in [-0.25, -0.2) is 0 Å². The Kier molecular flexibility index (Phi) is 4.53. The minimum atomic E-state index is -0.212. The number of fused-ring (bicyclic) bond motifs is 1. The summed E-state index contributed by atoms with van der Waals surface area (Å²) in [6, 6.07) is 18.2. The highest BCUT2D eigenvalue weighted by atomic mass is 16.1. The Labute approximate surface area is 172 Å². The second-order valence-electron chi connectivity index (χ2n) is 7.05. The van der Waals surface area contributed by atoms with Crippen molar-refractivity contribution >= 4 is 22.5 Å². The zero-order valence-corrected chi connectivity index (χ0v) is 16.0. The van der Waals surface area contributed by atoms with E-state index in [1.807, 2.05) is 24.5 Å². The molecule has 146 valence electrons. The Bertz CT molecular complexity index is 1290. The van der Waals surface area contributed by atoms with Gasteiger partial charge in [-0.3, -0.25) is 9.89 Å². The molecule has 0 bridgehead atoms. The van der Waals surface area contributed by atoms with Gasteiger partial charge in [0.15, 0.2) is 0 Å². The number of hydrogen-bond acceptors (Lipinski definition) is 4. The summed E-state index contributed by atoms with van der Waals surface area (Å²) >= 11 is 0. The average Bonchev–Trinajstić information content (AvgIpc) is 3.45. The molecule has 7 nitrogen and oxygen atoms in total. The van der Waals surface area contributed by atoms with Crippen LogP contribution in [0.5, 0.6) is 0 Å². The molecular formula is C23H18N6O. The van der Waals surface area contributed by atoms with Crippen LogP contribution in [0, 0.1) is 0 Å². The van der Waals surface area contributed by atoms with Gasteiger partial charge >= 0.3 is 0 Å². The van der Waals surface area contributed by atoms with E-state index in [0.29, 0.717) is 11.4 Å². The lowest BCUT2D eigenvalue weighted by Gasteiger charge is -2.04. The number of nitrogens with zero attached hydrogens (tertiary/aromatic N) is 3. The molecule has 0 aliphatic heterocycles. The molecule has 5 aromatic rings. The summed E-state index contributed by atoms with van der Waals surface area (Å²) in [7, 11) is 0. The van der Waals surface area contributed by atoms with E-state index >= 15 is 0 Å². The fraction of sp³-hybridized carbons (Fsp3) is 0.0435. The van der Waals surface area contributed by atoms with Crippen LogP contribution in [-0.4, -0.2) is 31.3 Å². The van der Waals surface area contributed by atoms with E-state index < -0.39 is 0 Å². The molecule has 0 unspecified atom stereocenters. The minimum Gasteiger partial charge on any atom is -0.351 e. The summed E-state index contributed by atoms with van der Waals surface area (Å²) in [6.07, 6.45) is 7.55. The van der Waals surface area contributed by atoms with Crippen LogP contribution < -0.4 is 5.32 Å². The van der Waals surface area contributed by atoms with E-state index in [1.165, 1.54) is 23.5 Å². The lowest BCUT2D eigenvalue weighted by atomic mass is 10.0. The fourth-order valence-corrected chi connectivity index (χ4v) is 3.43. The topological polar surface area (TPSA) is 99.3 Å². The number of carbonyl (C=O) groups is 1. The fourth-order valence-electron chi connectivity index (χ4n) is 3.43. The lowest BCUT2D eigenvalue weighted by Crippen LogP contribution is -2.12. The molecule has 5 rings (SSSR count). The summed E-state index contributed by atoms with van der Waals surface area (Å²) < 4.78 is 0. The summed E-state index contributed by atoms with van der Waals surface area (Å²) in [5.74, 6) is -0.212. The third kappa shape index (κ3) is 3.68. The van der Waals surface area contributed by atoms with Gasteiger partial charge in [0.25, 0.3) is 5.91 Å². The number of amides is 1. The summed E-state index contributed by atoms with van der Waals surface area (Å²) in [5, 5.41) is 18.1. The van der Waals surface area contributed by atoms with Crippen molar-refractivity contribution in [2.75, 3.05) is 5.32 Å². The lowest BCUT2D eigenvalue weighted by molar-refractivity contribution is 0.102. The minimum absolute atomic E-state index is 0.212. The first-order valence-corrected chi connectivity index (χ1v) is 9.52. The van der Waals surface area contributed by atoms with Gasteiger partial charge in [0.1, 0.15) is 5.69 Å². The average molecular weight is 394 g/mol. The highest BCUT2D eigenvalue weighted by Crippen LogP contribution is 2.22. The highest BCUT2D eigenvalue weighted by Gasteiger charge is 2.11. The van der Waals surface area contributed by atoms with Crippen molar-refractivity contribution in [2.45, 2.75) is 6.42 Å². The van der Waals surface area contributed by atoms with E-state index in [1.54, 1.807) is 6.07 Å². The Morgan fingerprint density at radius 2 is 1.77 bits per heavy atom. The van der Waals surface area contributed by atoms with Crippen LogP contribution in [0.1, 0.15) is 21.6 Å². The SMILES string of the molecule is O=C(Nc1ccnnc1)c1cc2ccc(Cc3ccc(-c4cn[nH]c4)cc3)cc2[nH]1. The number of rotatable bonds is 5. The van der Waals surface area contributed by atoms with Crippen LogP contribution in [0.3, 0.4) is 0 Å². The molecule has 0 saturated heterocycles. The van der Waals surface area contributed by atoms with Crippen molar-refractivity contribution in [1.29, 1.82) is 0 Å². The zero-order valence-electron chi connectivity index (χ0n) is 16.0. The third-order valence-electron chi connectivity index (χ3n) is 4.97. The first-order valence-electron chi connectivity index (χ1n) is 9.52. The Morgan fingerprint density at radius 1 is 0.900 bits per heavy atom. The predicted octanol–water partition coefficient (Wildman–Crippen LogP) is 4.19. The van der Waals surface area contributed by atoms with Crippen molar-refractivity contribution < 1.29 is 4.79 Å². The van der Waals surface area contributed by atoms with Crippen molar-refractivity contribution in [3.8, 4) is 11.1 Å². The van der Waals surface area contributed by atoms with Crippen LogP contribution in [0.15, 0.2) is 79.4 Å². The van der Waals surface area contributed by atoms with Crippen molar-refractivity contribution in [1.82, 2.24) is 25.4 Å². The molecule has 3 aromatic heterocycles. The first-order chi connectivity index (χ1) is 14.7. The zero-order chi connectivity index (χ0) is 20.3. The number of H-pyrrole nitrogens is 2. The van der Waals surface area contributed by atoms with Gasteiger partial charge < -0.3 is 10.3 Å². The smallest absolute Gasteiger partial charge is 0.272 e. The Hall–Kier alpha value is -4.26. The van der Waals surface area contributed by atoms with Crippen LogP contribution in [0.4, 0.5) is 5.69 Å². The number of benzene rings is 2. The van der Waals surface area contributed by atoms with Gasteiger partial charge in [-0.2, -0.15) is 15.3 Å². The molecule has 0 spiro atoms. The monoisotopic (exact) mass is 394 g/mol. The van der Waals surface area contributed by atoms with Crippen molar-refractivity contribution in [3.05, 3.63) is 96.2 Å². The molecule has 7 heteroatoms. The molecule has 30 heavy (non-hydrogen) atoms. The molecule has 0 saturated carbocycles. The standard InChI is InChI=1S/C23H18N6O/c30-23(28-20-7-8-24-27-14-20)22-11-18-6-3-16(10-21(18)29-22)9-15-1-4-17(5-2-15)19-12-25-26-13-19/h1-8,10-14,29H,9H2,(H,25,26)(H,24,28,30). The number of aromatic amines is 2. The summed E-state index contributed by atoms with van der Waals surface area (Å²) in [6.45, 7) is 0. The third-order valence-corrected chi connectivity index (χ3v) is 4.97. The molecule has 3 N–H and O–H groups in total. The van der Waals surface area contributed by atoms with Gasteiger partial charge in [0, 0.05) is 22.7 Å². The van der Waals surface area contributed by atoms with E-state index in [9.17, 15) is 4.79 Å². The molecular weight excluding hydrogens is 376 g/mol. The number of anilines is 1. The van der Waals surface area contributed by atoms with Crippen LogP contribution in [-0.2, 0) is 6.42 Å². The van der Waals surface area contributed by atoms with Gasteiger partial charge in [0.05, 0.1) is 24.3 Å². The normalized spacial score (nSPS) is 10.9. The number of carbonyl (C=O) groups excluding carboxylic acids is 1. The molecule has 3 heterocycles. The predicted molar refractivity (Wildman–Crippen MR) is 115 cm³/mol. The largest absolute Gasteiger partial charge is 0.351 e. The highest BCUT2D eigenvalue weighted by molar-refractivity contribution is 6.05. The van der Waals surface area contributed by atoms with E-state index in [4.69, 9.17) is 0 Å². The molecule has 0 fully saturated rings. The maximum absolute atomic E-state index is 12.5. The first kappa shape index (κ1) is 17.8. The van der Waals surface area contributed by atoms with Crippen LogP contribution >= 0.6 is 0 Å². The Morgan fingerprint density at radius 3 is 2.53 bits per heavy atom. The summed E-state index contributed by atoms with van der Waals surface area (Å²) in [4.78, 5) is 15.7.